The molecule has 1 unspecified atom stereocenters. The second-order valence-electron chi connectivity index (χ2n) is 9.34. The molecule has 3 aromatic carbocycles. The maximum atomic E-state index is 13.8. The van der Waals surface area contributed by atoms with E-state index in [2.05, 4.69) is 26.2 Å². The van der Waals surface area contributed by atoms with Crippen molar-refractivity contribution in [1.29, 1.82) is 0 Å². The summed E-state index contributed by atoms with van der Waals surface area (Å²) in [6.45, 7) is 8.27. The number of carbonyl (C=O) groups excluding carboxylic acids is 1. The molecular formula is C29H28Cl2N6O3. The number of hydrogen-bond donors (Lipinski definition) is 2. The maximum absolute atomic E-state index is 13.8. The van der Waals surface area contributed by atoms with E-state index < -0.39 is 6.04 Å². The van der Waals surface area contributed by atoms with E-state index in [1.54, 1.807) is 28.9 Å². The molecule has 0 aliphatic carbocycles. The molecule has 0 fully saturated rings. The predicted molar refractivity (Wildman–Crippen MR) is 155 cm³/mol. The van der Waals surface area contributed by atoms with Crippen LogP contribution in [-0.2, 0) is 11.4 Å². The molecule has 0 saturated carbocycles. The van der Waals surface area contributed by atoms with Gasteiger partial charge in [0.05, 0.1) is 12.2 Å². The Morgan fingerprint density at radius 1 is 1.02 bits per heavy atom. The molecule has 1 aliphatic heterocycles. The van der Waals surface area contributed by atoms with Crippen LogP contribution in [0, 0.1) is 13.8 Å². The summed E-state index contributed by atoms with van der Waals surface area (Å²) in [5.41, 5.74) is 5.35. The Morgan fingerprint density at radius 2 is 1.77 bits per heavy atom. The number of nitrogens with one attached hydrogen (secondary N) is 2. The highest BCUT2D eigenvalue weighted by Crippen LogP contribution is 2.39. The first-order valence-electron chi connectivity index (χ1n) is 12.7. The zero-order valence-corrected chi connectivity index (χ0v) is 24.0. The first-order chi connectivity index (χ1) is 19.3. The minimum atomic E-state index is -0.623. The molecule has 9 nitrogen and oxygen atoms in total. The lowest BCUT2D eigenvalue weighted by molar-refractivity contribution is -0.113. The summed E-state index contributed by atoms with van der Waals surface area (Å²) in [6, 6.07) is 16.0. The quantitative estimate of drug-likeness (QED) is 0.246. The van der Waals surface area contributed by atoms with Crippen molar-refractivity contribution in [3.63, 3.8) is 0 Å². The van der Waals surface area contributed by atoms with E-state index in [1.807, 2.05) is 58.0 Å². The number of aryl methyl sites for hydroxylation is 1. The molecule has 40 heavy (non-hydrogen) atoms. The van der Waals surface area contributed by atoms with Gasteiger partial charge in [0.1, 0.15) is 12.6 Å². The average Bonchev–Trinajstić information content (AvgIpc) is 3.39. The molecule has 0 radical (unpaired) electrons. The summed E-state index contributed by atoms with van der Waals surface area (Å²) in [4.78, 5) is 13.8. The third-order valence-corrected chi connectivity index (χ3v) is 7.54. The van der Waals surface area contributed by atoms with Gasteiger partial charge in [0, 0.05) is 27.0 Å². The van der Waals surface area contributed by atoms with Crippen molar-refractivity contribution < 1.29 is 14.3 Å². The van der Waals surface area contributed by atoms with Crippen molar-refractivity contribution >= 4 is 40.7 Å². The van der Waals surface area contributed by atoms with Crippen LogP contribution in [0.25, 0.3) is 0 Å². The molecule has 2 heterocycles. The summed E-state index contributed by atoms with van der Waals surface area (Å²) < 4.78 is 13.6. The van der Waals surface area contributed by atoms with Gasteiger partial charge >= 0.3 is 0 Å². The van der Waals surface area contributed by atoms with Gasteiger partial charge in [0.25, 0.3) is 5.91 Å². The average molecular weight is 579 g/mol. The molecule has 1 aliphatic rings. The van der Waals surface area contributed by atoms with Crippen LogP contribution in [0.15, 0.2) is 65.9 Å². The van der Waals surface area contributed by atoms with Crippen molar-refractivity contribution in [2.45, 2.75) is 40.3 Å². The molecule has 0 saturated heterocycles. The number of benzene rings is 3. The number of aromatic nitrogens is 4. The fourth-order valence-corrected chi connectivity index (χ4v) is 5.10. The van der Waals surface area contributed by atoms with Gasteiger partial charge in [-0.15, -0.1) is 0 Å². The molecule has 1 amide bonds. The fourth-order valence-electron chi connectivity index (χ4n) is 4.59. The summed E-state index contributed by atoms with van der Waals surface area (Å²) in [6.07, 6.45) is 0. The van der Waals surface area contributed by atoms with Gasteiger partial charge in [0.15, 0.2) is 11.5 Å². The Hall–Kier alpha value is -4.08. The molecule has 1 atom stereocenters. The van der Waals surface area contributed by atoms with Crippen molar-refractivity contribution in [3.05, 3.63) is 98.2 Å². The van der Waals surface area contributed by atoms with Gasteiger partial charge in [0.2, 0.25) is 5.95 Å². The lowest BCUT2D eigenvalue weighted by Crippen LogP contribution is -2.31. The van der Waals surface area contributed by atoms with E-state index in [9.17, 15) is 4.79 Å². The molecular weight excluding hydrogens is 551 g/mol. The fraction of sp³-hybridized carbons (Fsp3) is 0.241. The zero-order chi connectivity index (χ0) is 28.4. The summed E-state index contributed by atoms with van der Waals surface area (Å²) in [5.74, 6) is 1.17. The molecule has 206 valence electrons. The second-order valence-corrected chi connectivity index (χ2v) is 10.2. The molecule has 1 aromatic heterocycles. The Labute approximate surface area is 242 Å². The number of halogens is 2. The molecule has 2 N–H and O–H groups in total. The van der Waals surface area contributed by atoms with Gasteiger partial charge in [-0.2, -0.15) is 4.68 Å². The number of carbonyl (C=O) groups is 1. The van der Waals surface area contributed by atoms with E-state index in [0.717, 1.165) is 22.4 Å². The van der Waals surface area contributed by atoms with Gasteiger partial charge in [-0.3, -0.25) is 4.79 Å². The molecule has 4 aromatic rings. The largest absolute Gasteiger partial charge is 0.490 e. The molecule has 5 rings (SSSR count). The highest BCUT2D eigenvalue weighted by Gasteiger charge is 2.35. The van der Waals surface area contributed by atoms with Gasteiger partial charge in [-0.05, 0) is 85.1 Å². The number of allylic oxidation sites excluding steroid dienone is 1. The SMILES string of the molecule is CCOc1cc(C2C(C(=O)Nc3cccc(C)c3C)=C(C)Nc3nnnn32)ccc1OCc1c(Cl)cccc1Cl. The number of rotatable bonds is 8. The Bertz CT molecular complexity index is 1600. The predicted octanol–water partition coefficient (Wildman–Crippen LogP) is 6.50. The number of anilines is 2. The first kappa shape index (κ1) is 27.5. The number of tetrazole rings is 1. The molecule has 11 heteroatoms. The van der Waals surface area contributed by atoms with Crippen molar-refractivity contribution in [2.75, 3.05) is 17.2 Å². The highest BCUT2D eigenvalue weighted by molar-refractivity contribution is 6.35. The van der Waals surface area contributed by atoms with E-state index in [-0.39, 0.29) is 12.5 Å². The van der Waals surface area contributed by atoms with Crippen LogP contribution >= 0.6 is 23.2 Å². The second kappa shape index (κ2) is 11.6. The summed E-state index contributed by atoms with van der Waals surface area (Å²) in [5, 5.41) is 19.4. The van der Waals surface area contributed by atoms with Crippen molar-refractivity contribution in [3.8, 4) is 11.5 Å². The Kier molecular flexibility index (Phi) is 7.95. The summed E-state index contributed by atoms with van der Waals surface area (Å²) in [7, 11) is 0. The van der Waals surface area contributed by atoms with Crippen LogP contribution in [0.3, 0.4) is 0 Å². The first-order valence-corrected chi connectivity index (χ1v) is 13.5. The monoisotopic (exact) mass is 578 g/mol. The lowest BCUT2D eigenvalue weighted by Gasteiger charge is -2.28. The third-order valence-electron chi connectivity index (χ3n) is 6.83. The number of hydrogen-bond acceptors (Lipinski definition) is 7. The standard InChI is InChI=1S/C29H28Cl2N6O3/c1-5-39-25-14-19(12-13-24(25)40-15-20-21(30)9-7-10-22(20)31)27-26(18(4)32-29-34-35-36-37(27)29)28(38)33-23-11-6-8-16(2)17(23)3/h6-14,27H,5,15H2,1-4H3,(H,33,38)(H,32,34,36). The summed E-state index contributed by atoms with van der Waals surface area (Å²) >= 11 is 12.7. The molecule has 0 spiro atoms. The smallest absolute Gasteiger partial charge is 0.255 e. The molecule has 0 bridgehead atoms. The Balaban J connectivity index is 1.51. The van der Waals surface area contributed by atoms with Gasteiger partial charge in [-0.25, -0.2) is 0 Å². The van der Waals surface area contributed by atoms with Crippen LogP contribution in [0.5, 0.6) is 11.5 Å². The lowest BCUT2D eigenvalue weighted by atomic mass is 9.94. The van der Waals surface area contributed by atoms with E-state index >= 15 is 0 Å². The van der Waals surface area contributed by atoms with E-state index in [4.69, 9.17) is 32.7 Å². The topological polar surface area (TPSA) is 103 Å². The minimum Gasteiger partial charge on any atom is -0.490 e. The third kappa shape index (κ3) is 5.35. The van der Waals surface area contributed by atoms with Crippen molar-refractivity contribution in [2.24, 2.45) is 0 Å². The van der Waals surface area contributed by atoms with Crippen molar-refractivity contribution in [1.82, 2.24) is 20.2 Å². The minimum absolute atomic E-state index is 0.158. The van der Waals surface area contributed by atoms with Crippen LogP contribution < -0.4 is 20.1 Å². The van der Waals surface area contributed by atoms with Gasteiger partial charge < -0.3 is 20.1 Å². The number of fused-ring (bicyclic) bond motifs is 1. The number of nitrogens with zero attached hydrogens (tertiary/aromatic N) is 4. The van der Waals surface area contributed by atoms with Crippen LogP contribution in [0.1, 0.15) is 42.1 Å². The number of ether oxygens (including phenoxy) is 2. The van der Waals surface area contributed by atoms with Crippen LogP contribution in [0.4, 0.5) is 11.6 Å². The zero-order valence-electron chi connectivity index (χ0n) is 22.5. The highest BCUT2D eigenvalue weighted by atomic mass is 35.5. The Morgan fingerprint density at radius 3 is 2.52 bits per heavy atom. The normalized spacial score (nSPS) is 14.4. The van der Waals surface area contributed by atoms with E-state index in [1.165, 1.54) is 0 Å². The number of amides is 1. The van der Waals surface area contributed by atoms with Gasteiger partial charge in [-0.1, -0.05) is 52.6 Å². The van der Waals surface area contributed by atoms with E-state index in [0.29, 0.717) is 50.9 Å². The van der Waals surface area contributed by atoms with Crippen LogP contribution in [-0.4, -0.2) is 32.7 Å². The van der Waals surface area contributed by atoms with Crippen LogP contribution in [0.2, 0.25) is 10.0 Å². The maximum Gasteiger partial charge on any atom is 0.255 e.